The monoisotopic (exact) mass is 374 g/mol. The average molecular weight is 374 g/mol. The van der Waals surface area contributed by atoms with E-state index in [9.17, 15) is 24.6 Å². The van der Waals surface area contributed by atoms with Crippen molar-refractivity contribution in [1.82, 2.24) is 0 Å². The molecule has 2 aromatic carbocycles. The van der Waals surface area contributed by atoms with Gasteiger partial charge in [0.05, 0.1) is 12.5 Å². The molecule has 0 heterocycles. The lowest BCUT2D eigenvalue weighted by atomic mass is 9.95. The van der Waals surface area contributed by atoms with Crippen molar-refractivity contribution in [3.05, 3.63) is 35.4 Å². The van der Waals surface area contributed by atoms with Gasteiger partial charge in [-0.25, -0.2) is 4.79 Å². The summed E-state index contributed by atoms with van der Waals surface area (Å²) in [7, 11) is 1.14. The van der Waals surface area contributed by atoms with Crippen molar-refractivity contribution in [2.75, 3.05) is 7.11 Å². The highest BCUT2D eigenvalue weighted by atomic mass is 16.6. The molecule has 0 saturated heterocycles. The number of carbonyl (C=O) groups is 3. The molecular weight excluding hydrogens is 352 g/mol. The van der Waals surface area contributed by atoms with Gasteiger partial charge in [-0.15, -0.1) is 0 Å². The molecule has 2 aromatic rings. The molecule has 0 unspecified atom stereocenters. The van der Waals surface area contributed by atoms with Crippen LogP contribution >= 0.6 is 0 Å². The van der Waals surface area contributed by atoms with Gasteiger partial charge in [-0.2, -0.15) is 0 Å². The normalized spacial score (nSPS) is 11.3. The molecule has 0 aliphatic rings. The number of aromatic hydroxyl groups is 2. The van der Waals surface area contributed by atoms with Crippen molar-refractivity contribution >= 4 is 28.5 Å². The number of esters is 2. The molecule has 27 heavy (non-hydrogen) atoms. The standard InChI is InChI=1S/C20H22O7/c1-20(2,3)27-15(23)10-13(21)9-12-8-11-6-5-7-14(22)16(11)18(24)17(12)19(25)26-4/h5-8,22,24H,9-10H2,1-4H3. The Bertz CT molecular complexity index is 907. The van der Waals surface area contributed by atoms with Crippen molar-refractivity contribution in [3.63, 3.8) is 0 Å². The van der Waals surface area contributed by atoms with Gasteiger partial charge in [-0.1, -0.05) is 12.1 Å². The van der Waals surface area contributed by atoms with Gasteiger partial charge in [-0.05, 0) is 43.9 Å². The lowest BCUT2D eigenvalue weighted by Gasteiger charge is -2.19. The maximum atomic E-state index is 12.3. The molecule has 7 nitrogen and oxygen atoms in total. The zero-order valence-corrected chi connectivity index (χ0v) is 15.7. The van der Waals surface area contributed by atoms with Crippen LogP contribution < -0.4 is 0 Å². The zero-order chi connectivity index (χ0) is 20.4. The summed E-state index contributed by atoms with van der Waals surface area (Å²) in [4.78, 5) is 36.3. The van der Waals surface area contributed by atoms with E-state index < -0.39 is 35.5 Å². The van der Waals surface area contributed by atoms with Crippen LogP contribution in [-0.2, 0) is 25.5 Å². The Morgan fingerprint density at radius 2 is 1.78 bits per heavy atom. The van der Waals surface area contributed by atoms with Crippen molar-refractivity contribution in [2.24, 2.45) is 0 Å². The predicted molar refractivity (Wildman–Crippen MR) is 97.8 cm³/mol. The van der Waals surface area contributed by atoms with E-state index in [2.05, 4.69) is 0 Å². The molecule has 2 N–H and O–H groups in total. The minimum Gasteiger partial charge on any atom is -0.507 e. The molecule has 0 spiro atoms. The molecule has 144 valence electrons. The van der Waals surface area contributed by atoms with Crippen LogP contribution in [0.3, 0.4) is 0 Å². The Morgan fingerprint density at radius 3 is 2.37 bits per heavy atom. The number of hydrogen-bond acceptors (Lipinski definition) is 7. The highest BCUT2D eigenvalue weighted by molar-refractivity contribution is 6.06. The summed E-state index contributed by atoms with van der Waals surface area (Å²) in [6.07, 6.45) is -0.737. The highest BCUT2D eigenvalue weighted by Crippen LogP contribution is 2.38. The molecule has 0 saturated carbocycles. The lowest BCUT2D eigenvalue weighted by molar-refractivity contribution is -0.156. The molecule has 0 fully saturated rings. The van der Waals surface area contributed by atoms with Crippen LogP contribution in [0.5, 0.6) is 11.5 Å². The Kier molecular flexibility index (Phi) is 5.73. The number of ether oxygens (including phenoxy) is 2. The fourth-order valence-corrected chi connectivity index (χ4v) is 2.76. The van der Waals surface area contributed by atoms with E-state index in [1.54, 1.807) is 32.9 Å². The molecule has 0 aliphatic carbocycles. The Hall–Kier alpha value is -3.09. The summed E-state index contributed by atoms with van der Waals surface area (Å²) >= 11 is 0. The summed E-state index contributed by atoms with van der Waals surface area (Å²) < 4.78 is 9.81. The van der Waals surface area contributed by atoms with Gasteiger partial charge in [0.2, 0.25) is 0 Å². The number of rotatable bonds is 5. The van der Waals surface area contributed by atoms with Crippen LogP contribution in [0.1, 0.15) is 43.1 Å². The molecule has 7 heteroatoms. The number of benzene rings is 2. The predicted octanol–water partition coefficient (Wildman–Crippen LogP) is 2.88. The van der Waals surface area contributed by atoms with E-state index in [1.165, 1.54) is 12.1 Å². The molecule has 0 aromatic heterocycles. The largest absolute Gasteiger partial charge is 0.507 e. The second-order valence-corrected chi connectivity index (χ2v) is 7.10. The average Bonchev–Trinajstić information content (AvgIpc) is 2.52. The van der Waals surface area contributed by atoms with Crippen LogP contribution in [0.4, 0.5) is 0 Å². The number of methoxy groups -OCH3 is 1. The van der Waals surface area contributed by atoms with Crippen LogP contribution in [0.2, 0.25) is 0 Å². The topological polar surface area (TPSA) is 110 Å². The first kappa shape index (κ1) is 20.2. The van der Waals surface area contributed by atoms with Gasteiger partial charge in [0, 0.05) is 6.42 Å². The van der Waals surface area contributed by atoms with Crippen molar-refractivity contribution < 1.29 is 34.1 Å². The lowest BCUT2D eigenvalue weighted by Crippen LogP contribution is -2.25. The molecule has 0 aliphatic heterocycles. The molecular formula is C20H22O7. The maximum absolute atomic E-state index is 12.3. The Labute approximate surface area is 156 Å². The van der Waals surface area contributed by atoms with Crippen molar-refractivity contribution in [3.8, 4) is 11.5 Å². The minimum absolute atomic E-state index is 0.0845. The first-order valence-corrected chi connectivity index (χ1v) is 8.32. The third-order valence-electron chi connectivity index (χ3n) is 3.74. The van der Waals surface area contributed by atoms with E-state index >= 15 is 0 Å². The van der Waals surface area contributed by atoms with Crippen molar-refractivity contribution in [1.29, 1.82) is 0 Å². The van der Waals surface area contributed by atoms with Gasteiger partial charge in [-0.3, -0.25) is 9.59 Å². The van der Waals surface area contributed by atoms with Crippen LogP contribution in [0.25, 0.3) is 10.8 Å². The van der Waals surface area contributed by atoms with Crippen LogP contribution in [-0.4, -0.2) is 40.6 Å². The second-order valence-electron chi connectivity index (χ2n) is 7.10. The zero-order valence-electron chi connectivity index (χ0n) is 15.7. The Balaban J connectivity index is 2.41. The first-order chi connectivity index (χ1) is 12.5. The number of phenols is 2. The van der Waals surface area contributed by atoms with Gasteiger partial charge in [0.1, 0.15) is 34.9 Å². The van der Waals surface area contributed by atoms with Gasteiger partial charge in [0.25, 0.3) is 0 Å². The number of carbonyl (C=O) groups excluding carboxylic acids is 3. The number of ketones is 1. The van der Waals surface area contributed by atoms with E-state index in [0.717, 1.165) is 7.11 Å². The second kappa shape index (κ2) is 7.65. The summed E-state index contributed by atoms with van der Waals surface area (Å²) in [6.45, 7) is 5.08. The number of phenolic OH excluding ortho intramolecular Hbond substituents is 2. The van der Waals surface area contributed by atoms with Crippen molar-refractivity contribution in [2.45, 2.75) is 39.2 Å². The van der Waals surface area contributed by atoms with E-state index in [0.29, 0.717) is 5.39 Å². The quantitative estimate of drug-likeness (QED) is 0.611. The van der Waals surface area contributed by atoms with Gasteiger partial charge in [0.15, 0.2) is 0 Å². The SMILES string of the molecule is COC(=O)c1c(CC(=O)CC(=O)OC(C)(C)C)cc2cccc(O)c2c1O. The van der Waals surface area contributed by atoms with E-state index in [-0.39, 0.29) is 28.7 Å². The summed E-state index contributed by atoms with van der Waals surface area (Å²) in [5.74, 6) is -2.68. The number of fused-ring (bicyclic) bond motifs is 1. The molecule has 0 radical (unpaired) electrons. The van der Waals surface area contributed by atoms with Crippen LogP contribution in [0.15, 0.2) is 24.3 Å². The molecule has 0 bridgehead atoms. The third-order valence-corrected chi connectivity index (χ3v) is 3.74. The van der Waals surface area contributed by atoms with Gasteiger partial charge < -0.3 is 19.7 Å². The molecule has 0 amide bonds. The third kappa shape index (κ3) is 4.75. The minimum atomic E-state index is -0.849. The van der Waals surface area contributed by atoms with Gasteiger partial charge >= 0.3 is 11.9 Å². The van der Waals surface area contributed by atoms with E-state index in [4.69, 9.17) is 9.47 Å². The summed E-state index contributed by atoms with van der Waals surface area (Å²) in [5, 5.41) is 21.0. The smallest absolute Gasteiger partial charge is 0.341 e. The van der Waals surface area contributed by atoms with Crippen LogP contribution in [0, 0.1) is 0 Å². The molecule has 0 atom stereocenters. The first-order valence-electron chi connectivity index (χ1n) is 8.32. The number of hydrogen-bond donors (Lipinski definition) is 2. The van der Waals surface area contributed by atoms with E-state index in [1.807, 2.05) is 0 Å². The summed E-state index contributed by atoms with van der Waals surface area (Å²) in [6, 6.07) is 6.07. The number of Topliss-reactive ketones (excluding diaryl/α,β-unsaturated/α-hetero) is 1. The summed E-state index contributed by atoms with van der Waals surface area (Å²) in [5.41, 5.74) is -0.733. The molecule has 2 rings (SSSR count). The maximum Gasteiger partial charge on any atom is 0.341 e. The highest BCUT2D eigenvalue weighted by Gasteiger charge is 2.25. The fraction of sp³-hybridized carbons (Fsp3) is 0.350. The fourth-order valence-electron chi connectivity index (χ4n) is 2.76. The Morgan fingerprint density at radius 1 is 1.11 bits per heavy atom.